The standard InChI is InChI=1S/C13H18N2O4S/c1-9(2)8-19-13(16)15-6-5-10-7-11(20(14,17)18)3-4-12(10)15/h3-4,7,9H,5-6,8H2,1-2H3,(H2,14,17,18). The number of carbonyl (C=O) groups is 1. The number of anilines is 1. The second kappa shape index (κ2) is 5.41. The van der Waals surface area contributed by atoms with E-state index in [1.165, 1.54) is 17.0 Å². The molecule has 7 heteroatoms. The quantitative estimate of drug-likeness (QED) is 0.915. The summed E-state index contributed by atoms with van der Waals surface area (Å²) in [5.74, 6) is 0.269. The van der Waals surface area contributed by atoms with Gasteiger partial charge in [0.1, 0.15) is 0 Å². The Hall–Kier alpha value is -1.60. The second-order valence-corrected chi connectivity index (χ2v) is 6.77. The van der Waals surface area contributed by atoms with Gasteiger partial charge in [-0.05, 0) is 36.1 Å². The van der Waals surface area contributed by atoms with E-state index in [-0.39, 0.29) is 10.8 Å². The maximum Gasteiger partial charge on any atom is 0.414 e. The largest absolute Gasteiger partial charge is 0.449 e. The molecule has 0 bridgehead atoms. The number of nitrogens with zero attached hydrogens (tertiary/aromatic N) is 1. The summed E-state index contributed by atoms with van der Waals surface area (Å²) in [6.45, 7) is 4.77. The van der Waals surface area contributed by atoms with Gasteiger partial charge >= 0.3 is 6.09 Å². The van der Waals surface area contributed by atoms with Gasteiger partial charge in [-0.2, -0.15) is 0 Å². The van der Waals surface area contributed by atoms with Crippen LogP contribution in [0.4, 0.5) is 10.5 Å². The zero-order valence-corrected chi connectivity index (χ0v) is 12.3. The van der Waals surface area contributed by atoms with E-state index < -0.39 is 16.1 Å². The van der Waals surface area contributed by atoms with Crippen LogP contribution in [0.15, 0.2) is 23.1 Å². The van der Waals surface area contributed by atoms with Crippen molar-refractivity contribution >= 4 is 21.8 Å². The Labute approximate surface area is 118 Å². The monoisotopic (exact) mass is 298 g/mol. The van der Waals surface area contributed by atoms with Crippen LogP contribution in [0.25, 0.3) is 0 Å². The number of hydrogen-bond donors (Lipinski definition) is 1. The molecule has 1 aromatic rings. The number of primary sulfonamides is 1. The molecule has 0 atom stereocenters. The van der Waals surface area contributed by atoms with Crippen molar-refractivity contribution in [3.8, 4) is 0 Å². The molecule has 0 spiro atoms. The number of benzene rings is 1. The van der Waals surface area contributed by atoms with Crippen LogP contribution in [-0.4, -0.2) is 27.7 Å². The Morgan fingerprint density at radius 1 is 1.45 bits per heavy atom. The second-order valence-electron chi connectivity index (χ2n) is 5.21. The van der Waals surface area contributed by atoms with Gasteiger partial charge in [-0.1, -0.05) is 13.8 Å². The molecule has 1 aliphatic heterocycles. The number of nitrogens with two attached hydrogens (primary N) is 1. The summed E-state index contributed by atoms with van der Waals surface area (Å²) in [6, 6.07) is 4.52. The molecule has 0 aliphatic carbocycles. The van der Waals surface area contributed by atoms with Gasteiger partial charge in [0, 0.05) is 6.54 Å². The predicted molar refractivity (Wildman–Crippen MR) is 75.1 cm³/mol. The Balaban J connectivity index is 2.20. The highest BCUT2D eigenvalue weighted by atomic mass is 32.2. The summed E-state index contributed by atoms with van der Waals surface area (Å²) in [6.07, 6.45) is 0.191. The first kappa shape index (κ1) is 14.8. The van der Waals surface area contributed by atoms with Crippen molar-refractivity contribution < 1.29 is 17.9 Å². The van der Waals surface area contributed by atoms with Gasteiger partial charge in [0.25, 0.3) is 0 Å². The van der Waals surface area contributed by atoms with Crippen LogP contribution in [0.2, 0.25) is 0 Å². The lowest BCUT2D eigenvalue weighted by Crippen LogP contribution is -2.30. The molecule has 110 valence electrons. The third kappa shape index (κ3) is 3.10. The summed E-state index contributed by atoms with van der Waals surface area (Å²) < 4.78 is 27.8. The number of ether oxygens (including phenoxy) is 1. The Morgan fingerprint density at radius 3 is 2.75 bits per heavy atom. The number of carbonyl (C=O) groups excluding carboxylic acids is 1. The van der Waals surface area contributed by atoms with E-state index in [1.807, 2.05) is 13.8 Å². The number of hydrogen-bond acceptors (Lipinski definition) is 4. The molecule has 1 aliphatic rings. The smallest absolute Gasteiger partial charge is 0.414 e. The molecular formula is C13H18N2O4S. The number of sulfonamides is 1. The van der Waals surface area contributed by atoms with Gasteiger partial charge in [-0.25, -0.2) is 18.4 Å². The van der Waals surface area contributed by atoms with Crippen LogP contribution in [-0.2, 0) is 21.2 Å². The van der Waals surface area contributed by atoms with Gasteiger partial charge in [-0.3, -0.25) is 4.90 Å². The predicted octanol–water partition coefficient (Wildman–Crippen LogP) is 1.49. The fourth-order valence-electron chi connectivity index (χ4n) is 2.06. The Morgan fingerprint density at radius 2 is 2.15 bits per heavy atom. The Bertz CT molecular complexity index is 625. The molecule has 2 rings (SSSR count). The molecule has 0 fully saturated rings. The number of fused-ring (bicyclic) bond motifs is 1. The third-order valence-electron chi connectivity index (χ3n) is 3.04. The van der Waals surface area contributed by atoms with Crippen LogP contribution in [0.1, 0.15) is 19.4 Å². The first-order valence-corrected chi connectivity index (χ1v) is 7.93. The zero-order chi connectivity index (χ0) is 14.9. The lowest BCUT2D eigenvalue weighted by Gasteiger charge is -2.18. The minimum Gasteiger partial charge on any atom is -0.449 e. The van der Waals surface area contributed by atoms with Crippen molar-refractivity contribution in [1.29, 1.82) is 0 Å². The average molecular weight is 298 g/mol. The van der Waals surface area contributed by atoms with Crippen LogP contribution in [0.3, 0.4) is 0 Å². The molecule has 0 aromatic heterocycles. The molecule has 6 nitrogen and oxygen atoms in total. The molecule has 0 saturated heterocycles. The molecule has 0 unspecified atom stereocenters. The van der Waals surface area contributed by atoms with E-state index >= 15 is 0 Å². The average Bonchev–Trinajstić information content (AvgIpc) is 2.77. The molecule has 0 saturated carbocycles. The SMILES string of the molecule is CC(C)COC(=O)N1CCc2cc(S(N)(=O)=O)ccc21. The molecule has 2 N–H and O–H groups in total. The van der Waals surface area contributed by atoms with Gasteiger partial charge in [0.15, 0.2) is 0 Å². The first-order chi connectivity index (χ1) is 9.29. The van der Waals surface area contributed by atoms with E-state index in [0.29, 0.717) is 25.3 Å². The van der Waals surface area contributed by atoms with Crippen molar-refractivity contribution in [2.24, 2.45) is 11.1 Å². The molecule has 1 aromatic carbocycles. The highest BCUT2D eigenvalue weighted by Crippen LogP contribution is 2.30. The molecule has 1 amide bonds. The topological polar surface area (TPSA) is 89.7 Å². The zero-order valence-electron chi connectivity index (χ0n) is 11.5. The summed E-state index contributed by atoms with van der Waals surface area (Å²) in [5, 5.41) is 5.09. The van der Waals surface area contributed by atoms with Crippen molar-refractivity contribution in [1.82, 2.24) is 0 Å². The van der Waals surface area contributed by atoms with E-state index in [2.05, 4.69) is 0 Å². The first-order valence-electron chi connectivity index (χ1n) is 6.39. The fraction of sp³-hybridized carbons (Fsp3) is 0.462. The summed E-state index contributed by atoms with van der Waals surface area (Å²) in [4.78, 5) is 13.5. The lowest BCUT2D eigenvalue weighted by molar-refractivity contribution is 0.140. The van der Waals surface area contributed by atoms with Gasteiger partial charge < -0.3 is 4.74 Å². The van der Waals surface area contributed by atoms with Gasteiger partial charge in [0.05, 0.1) is 17.2 Å². The number of amides is 1. The number of rotatable bonds is 3. The molecule has 1 heterocycles. The van der Waals surface area contributed by atoms with Gasteiger partial charge in [-0.15, -0.1) is 0 Å². The van der Waals surface area contributed by atoms with Crippen molar-refractivity contribution in [2.75, 3.05) is 18.1 Å². The van der Waals surface area contributed by atoms with Crippen LogP contribution in [0, 0.1) is 5.92 Å². The summed E-state index contributed by atoms with van der Waals surface area (Å²) in [7, 11) is -3.72. The van der Waals surface area contributed by atoms with E-state index in [1.54, 1.807) is 6.07 Å². The van der Waals surface area contributed by atoms with E-state index in [4.69, 9.17) is 9.88 Å². The Kier molecular flexibility index (Phi) is 4.01. The molecule has 0 radical (unpaired) electrons. The van der Waals surface area contributed by atoms with E-state index in [0.717, 1.165) is 5.56 Å². The summed E-state index contributed by atoms with van der Waals surface area (Å²) in [5.41, 5.74) is 1.48. The van der Waals surface area contributed by atoms with Gasteiger partial charge in [0.2, 0.25) is 10.0 Å². The van der Waals surface area contributed by atoms with Crippen LogP contribution < -0.4 is 10.0 Å². The maximum absolute atomic E-state index is 12.0. The highest BCUT2D eigenvalue weighted by Gasteiger charge is 2.27. The maximum atomic E-state index is 12.0. The van der Waals surface area contributed by atoms with Crippen molar-refractivity contribution in [3.05, 3.63) is 23.8 Å². The van der Waals surface area contributed by atoms with Crippen molar-refractivity contribution in [2.45, 2.75) is 25.2 Å². The molecular weight excluding hydrogens is 280 g/mol. The highest BCUT2D eigenvalue weighted by molar-refractivity contribution is 7.89. The van der Waals surface area contributed by atoms with Crippen molar-refractivity contribution in [3.63, 3.8) is 0 Å². The fourth-order valence-corrected chi connectivity index (χ4v) is 2.62. The lowest BCUT2D eigenvalue weighted by atomic mass is 10.2. The normalized spacial score (nSPS) is 14.5. The van der Waals surface area contributed by atoms with E-state index in [9.17, 15) is 13.2 Å². The minimum atomic E-state index is -3.72. The van der Waals surface area contributed by atoms with Crippen LogP contribution in [0.5, 0.6) is 0 Å². The molecule has 20 heavy (non-hydrogen) atoms. The van der Waals surface area contributed by atoms with Crippen LogP contribution >= 0.6 is 0 Å². The third-order valence-corrected chi connectivity index (χ3v) is 3.95. The summed E-state index contributed by atoms with van der Waals surface area (Å²) >= 11 is 0. The minimum absolute atomic E-state index is 0.0636.